The van der Waals surface area contributed by atoms with Crippen LogP contribution in [0.4, 0.5) is 25.8 Å². The van der Waals surface area contributed by atoms with Gasteiger partial charge in [0.2, 0.25) is 0 Å². The standard InChI is InChI=1S/C25H24F2N6O3S/c1-29-37(35,36)32-17-4-2-3-14(9-17)12-33-13-30-24-21(33)11-18(25(28)34)23(22(24)27)31-20-8-7-16(10-19(20)26)15-5-6-15/h2-4,7-11,13,15,29,31-32H,5-6,12H2,1H3,(H2,28,34). The van der Waals surface area contributed by atoms with Crippen LogP contribution >= 0.6 is 0 Å². The highest BCUT2D eigenvalue weighted by molar-refractivity contribution is 7.90. The summed E-state index contributed by atoms with van der Waals surface area (Å²) in [7, 11) is -2.41. The van der Waals surface area contributed by atoms with Crippen LogP contribution in [0.2, 0.25) is 0 Å². The number of aromatic nitrogens is 2. The molecule has 5 N–H and O–H groups in total. The second-order valence-corrected chi connectivity index (χ2v) is 10.5. The lowest BCUT2D eigenvalue weighted by Gasteiger charge is -2.14. The van der Waals surface area contributed by atoms with Crippen LogP contribution in [-0.2, 0) is 16.8 Å². The quantitative estimate of drug-likeness (QED) is 0.262. The number of hydrogen-bond donors (Lipinski definition) is 4. The topological polar surface area (TPSA) is 131 Å². The minimum Gasteiger partial charge on any atom is -0.366 e. The molecule has 4 aromatic rings. The molecule has 37 heavy (non-hydrogen) atoms. The Morgan fingerprint density at radius 1 is 1.16 bits per heavy atom. The van der Waals surface area contributed by atoms with Crippen molar-refractivity contribution in [2.75, 3.05) is 17.1 Å². The number of carbonyl (C=O) groups excluding carboxylic acids is 1. The fourth-order valence-electron chi connectivity index (χ4n) is 4.17. The monoisotopic (exact) mass is 526 g/mol. The highest BCUT2D eigenvalue weighted by Crippen LogP contribution is 2.41. The van der Waals surface area contributed by atoms with Gasteiger partial charge in [0, 0.05) is 13.6 Å². The van der Waals surface area contributed by atoms with Crippen LogP contribution < -0.4 is 20.5 Å². The number of amides is 1. The van der Waals surface area contributed by atoms with E-state index in [1.54, 1.807) is 34.9 Å². The van der Waals surface area contributed by atoms with Gasteiger partial charge in [0.25, 0.3) is 16.1 Å². The van der Waals surface area contributed by atoms with Crippen LogP contribution in [0, 0.1) is 11.6 Å². The number of halogens is 2. The predicted molar refractivity (Wildman–Crippen MR) is 137 cm³/mol. The highest BCUT2D eigenvalue weighted by Gasteiger charge is 2.25. The van der Waals surface area contributed by atoms with E-state index < -0.39 is 27.8 Å². The predicted octanol–water partition coefficient (Wildman–Crippen LogP) is 3.96. The van der Waals surface area contributed by atoms with Gasteiger partial charge in [0.15, 0.2) is 5.82 Å². The summed E-state index contributed by atoms with van der Waals surface area (Å²) < 4.78 is 60.1. The molecule has 1 aliphatic rings. The van der Waals surface area contributed by atoms with E-state index in [1.165, 1.54) is 31.6 Å². The highest BCUT2D eigenvalue weighted by atomic mass is 32.2. The lowest BCUT2D eigenvalue weighted by atomic mass is 10.1. The van der Waals surface area contributed by atoms with E-state index in [1.807, 2.05) is 0 Å². The maximum atomic E-state index is 15.6. The Kier molecular flexibility index (Phi) is 6.30. The van der Waals surface area contributed by atoms with Crippen molar-refractivity contribution < 1.29 is 22.0 Å². The van der Waals surface area contributed by atoms with E-state index in [-0.39, 0.29) is 29.0 Å². The summed E-state index contributed by atoms with van der Waals surface area (Å²) in [6, 6.07) is 12.8. The zero-order valence-corrected chi connectivity index (χ0v) is 20.6. The molecule has 1 saturated carbocycles. The van der Waals surface area contributed by atoms with Crippen molar-refractivity contribution in [1.82, 2.24) is 14.3 Å². The summed E-state index contributed by atoms with van der Waals surface area (Å²) >= 11 is 0. The van der Waals surface area contributed by atoms with Crippen LogP contribution in [0.5, 0.6) is 0 Å². The number of imidazole rings is 1. The van der Waals surface area contributed by atoms with Crippen molar-refractivity contribution in [3.8, 4) is 0 Å². The van der Waals surface area contributed by atoms with E-state index in [0.29, 0.717) is 22.7 Å². The second kappa shape index (κ2) is 9.45. The molecule has 9 nitrogen and oxygen atoms in total. The molecular weight excluding hydrogens is 502 g/mol. The summed E-state index contributed by atoms with van der Waals surface area (Å²) in [6.07, 6.45) is 3.43. The van der Waals surface area contributed by atoms with E-state index >= 15 is 4.39 Å². The molecule has 0 unspecified atom stereocenters. The number of primary amides is 1. The molecule has 5 rings (SSSR count). The molecule has 0 bridgehead atoms. The Labute approximate surface area is 211 Å². The number of rotatable bonds is 9. The van der Waals surface area contributed by atoms with E-state index in [2.05, 4.69) is 19.7 Å². The van der Waals surface area contributed by atoms with Crippen molar-refractivity contribution in [3.05, 3.63) is 83.2 Å². The molecule has 0 atom stereocenters. The zero-order valence-electron chi connectivity index (χ0n) is 19.8. The van der Waals surface area contributed by atoms with Crippen LogP contribution in [0.1, 0.15) is 40.2 Å². The largest absolute Gasteiger partial charge is 0.366 e. The van der Waals surface area contributed by atoms with Crippen molar-refractivity contribution in [1.29, 1.82) is 0 Å². The average Bonchev–Trinajstić information content (AvgIpc) is 3.63. The van der Waals surface area contributed by atoms with Crippen LogP contribution in [0.25, 0.3) is 11.0 Å². The number of fused-ring (bicyclic) bond motifs is 1. The molecule has 12 heteroatoms. The summed E-state index contributed by atoms with van der Waals surface area (Å²) in [5, 5.41) is 2.69. The third-order valence-corrected chi connectivity index (χ3v) is 7.27. The summed E-state index contributed by atoms with van der Waals surface area (Å²) in [5.74, 6) is -1.94. The first-order valence-corrected chi connectivity index (χ1v) is 13.0. The van der Waals surface area contributed by atoms with Gasteiger partial charge in [-0.15, -0.1) is 0 Å². The Bertz CT molecular complexity index is 1630. The maximum absolute atomic E-state index is 15.6. The van der Waals surface area contributed by atoms with Crippen molar-refractivity contribution >= 4 is 44.2 Å². The lowest BCUT2D eigenvalue weighted by molar-refractivity contribution is 0.100. The molecular formula is C25H24F2N6O3S. The number of nitrogens with one attached hydrogen (secondary N) is 3. The first kappa shape index (κ1) is 24.7. The number of benzene rings is 3. The molecule has 192 valence electrons. The van der Waals surface area contributed by atoms with Gasteiger partial charge in [-0.05, 0) is 60.2 Å². The van der Waals surface area contributed by atoms with Gasteiger partial charge >= 0.3 is 0 Å². The van der Waals surface area contributed by atoms with Gasteiger partial charge in [-0.3, -0.25) is 9.52 Å². The van der Waals surface area contributed by atoms with Gasteiger partial charge in [-0.1, -0.05) is 18.2 Å². The molecule has 1 amide bonds. The third kappa shape index (κ3) is 5.11. The normalized spacial score (nSPS) is 13.6. The Morgan fingerprint density at radius 2 is 1.95 bits per heavy atom. The number of nitrogens with two attached hydrogens (primary N) is 1. The van der Waals surface area contributed by atoms with Gasteiger partial charge in [-0.25, -0.2) is 18.5 Å². The number of anilines is 3. The van der Waals surface area contributed by atoms with Crippen LogP contribution in [-0.4, -0.2) is 30.9 Å². The summed E-state index contributed by atoms with van der Waals surface area (Å²) in [5.41, 5.74) is 7.34. The molecule has 1 fully saturated rings. The van der Waals surface area contributed by atoms with Gasteiger partial charge in [-0.2, -0.15) is 8.42 Å². The molecule has 3 aromatic carbocycles. The minimum absolute atomic E-state index is 0.0189. The SMILES string of the molecule is CNS(=O)(=O)Nc1cccc(Cn2cnc3c(F)c(Nc4ccc(C5CC5)cc4F)c(C(N)=O)cc32)c1. The number of carbonyl (C=O) groups is 1. The fourth-order valence-corrected chi connectivity index (χ4v) is 4.71. The first-order chi connectivity index (χ1) is 17.6. The number of nitrogens with zero attached hydrogens (tertiary/aromatic N) is 2. The molecule has 0 radical (unpaired) electrons. The molecule has 1 aliphatic carbocycles. The zero-order chi connectivity index (χ0) is 26.3. The maximum Gasteiger partial charge on any atom is 0.298 e. The summed E-state index contributed by atoms with van der Waals surface area (Å²) in [4.78, 5) is 16.4. The minimum atomic E-state index is -3.70. The van der Waals surface area contributed by atoms with Crippen molar-refractivity contribution in [2.24, 2.45) is 5.73 Å². The Morgan fingerprint density at radius 3 is 2.62 bits per heavy atom. The van der Waals surface area contributed by atoms with Gasteiger partial charge in [0.05, 0.1) is 34.5 Å². The molecule has 0 saturated heterocycles. The third-order valence-electron chi connectivity index (χ3n) is 6.22. The molecule has 0 spiro atoms. The lowest BCUT2D eigenvalue weighted by Crippen LogP contribution is -2.26. The van der Waals surface area contributed by atoms with E-state index in [4.69, 9.17) is 5.73 Å². The Balaban J connectivity index is 1.49. The van der Waals surface area contributed by atoms with Crippen LogP contribution in [0.3, 0.4) is 0 Å². The van der Waals surface area contributed by atoms with E-state index in [9.17, 15) is 17.6 Å². The van der Waals surface area contributed by atoms with Crippen molar-refractivity contribution in [2.45, 2.75) is 25.3 Å². The second-order valence-electron chi connectivity index (χ2n) is 8.87. The molecule has 0 aliphatic heterocycles. The smallest absolute Gasteiger partial charge is 0.298 e. The number of hydrogen-bond acceptors (Lipinski definition) is 5. The van der Waals surface area contributed by atoms with Crippen molar-refractivity contribution in [3.63, 3.8) is 0 Å². The molecule has 1 heterocycles. The van der Waals surface area contributed by atoms with E-state index in [0.717, 1.165) is 18.4 Å². The average molecular weight is 527 g/mol. The van der Waals surface area contributed by atoms with Crippen LogP contribution in [0.15, 0.2) is 54.9 Å². The fraction of sp³-hybridized carbons (Fsp3) is 0.200. The Hall–Kier alpha value is -4.03. The summed E-state index contributed by atoms with van der Waals surface area (Å²) in [6.45, 7) is 0.202. The van der Waals surface area contributed by atoms with Gasteiger partial charge < -0.3 is 15.6 Å². The first-order valence-electron chi connectivity index (χ1n) is 11.5. The van der Waals surface area contributed by atoms with Gasteiger partial charge in [0.1, 0.15) is 11.3 Å². The molecule has 1 aromatic heterocycles.